The summed E-state index contributed by atoms with van der Waals surface area (Å²) in [4.78, 5) is 0. The molecule has 0 saturated heterocycles. The summed E-state index contributed by atoms with van der Waals surface area (Å²) >= 11 is 1.31. The molecule has 0 aliphatic carbocycles. The number of hydrogen-bond donors (Lipinski definition) is 1. The van der Waals surface area contributed by atoms with Crippen LogP contribution in [-0.4, -0.2) is 36.1 Å². The largest absolute Gasteiger partial charge is 0.411 e. The highest BCUT2D eigenvalue weighted by Gasteiger charge is 2.27. The molecule has 0 unspecified atom stereocenters. The van der Waals surface area contributed by atoms with Gasteiger partial charge in [0.25, 0.3) is 0 Å². The van der Waals surface area contributed by atoms with Crippen molar-refractivity contribution in [3.8, 4) is 0 Å². The molecule has 0 bridgehead atoms. The Morgan fingerprint density at radius 1 is 1.25 bits per heavy atom. The highest BCUT2D eigenvalue weighted by atomic mass is 32.1. The van der Waals surface area contributed by atoms with Crippen LogP contribution in [0.1, 0.15) is 30.3 Å². The number of aryl methyl sites for hydroxylation is 1. The van der Waals surface area contributed by atoms with Crippen LogP contribution in [0.25, 0.3) is 0 Å². The first-order valence-corrected chi connectivity index (χ1v) is 7.35. The van der Waals surface area contributed by atoms with Crippen molar-refractivity contribution in [2.75, 3.05) is 19.7 Å². The summed E-state index contributed by atoms with van der Waals surface area (Å²) < 4.78 is 40.2. The van der Waals surface area contributed by atoms with Crippen molar-refractivity contribution >= 4 is 11.3 Å². The number of alkyl halides is 3. The van der Waals surface area contributed by atoms with Crippen LogP contribution in [0, 0.1) is 5.92 Å². The molecular weight excluding hydrogens is 291 g/mol. The molecule has 1 heterocycles. The van der Waals surface area contributed by atoms with E-state index in [4.69, 9.17) is 0 Å². The SMILES string of the molecule is CC(C)CNCCCc1nnc(COCC(F)(F)F)s1. The average Bonchev–Trinajstić information content (AvgIpc) is 2.74. The second-order valence-corrected chi connectivity index (χ2v) is 6.05. The molecule has 0 radical (unpaired) electrons. The minimum atomic E-state index is -4.30. The molecule has 8 heteroatoms. The highest BCUT2D eigenvalue weighted by molar-refractivity contribution is 7.11. The number of aromatic nitrogens is 2. The molecule has 1 aromatic heterocycles. The summed E-state index contributed by atoms with van der Waals surface area (Å²) in [7, 11) is 0. The fraction of sp³-hybridized carbons (Fsp3) is 0.833. The fourth-order valence-corrected chi connectivity index (χ4v) is 2.28. The Hall–Kier alpha value is -0.730. The van der Waals surface area contributed by atoms with E-state index in [1.54, 1.807) is 0 Å². The predicted octanol–water partition coefficient (Wildman–Crippen LogP) is 2.80. The van der Waals surface area contributed by atoms with Gasteiger partial charge < -0.3 is 10.1 Å². The van der Waals surface area contributed by atoms with Gasteiger partial charge in [0.15, 0.2) is 0 Å². The maximum atomic E-state index is 11.9. The number of nitrogens with zero attached hydrogens (tertiary/aromatic N) is 2. The minimum Gasteiger partial charge on any atom is -0.365 e. The number of hydrogen-bond acceptors (Lipinski definition) is 5. The third-order valence-electron chi connectivity index (χ3n) is 2.30. The van der Waals surface area contributed by atoms with Crippen LogP contribution in [0.3, 0.4) is 0 Å². The van der Waals surface area contributed by atoms with Gasteiger partial charge in [-0.25, -0.2) is 0 Å². The average molecular weight is 311 g/mol. The van der Waals surface area contributed by atoms with Crippen LogP contribution in [-0.2, 0) is 17.8 Å². The topological polar surface area (TPSA) is 47.0 Å². The number of ether oxygens (including phenoxy) is 1. The molecule has 0 atom stereocenters. The van der Waals surface area contributed by atoms with E-state index in [1.807, 2.05) is 0 Å². The zero-order valence-corrected chi connectivity index (χ0v) is 12.5. The minimum absolute atomic E-state index is 0.136. The Kier molecular flexibility index (Phi) is 7.39. The van der Waals surface area contributed by atoms with Crippen molar-refractivity contribution in [3.05, 3.63) is 10.0 Å². The van der Waals surface area contributed by atoms with Crippen molar-refractivity contribution < 1.29 is 17.9 Å². The molecule has 1 rings (SSSR count). The number of rotatable bonds is 9. The van der Waals surface area contributed by atoms with Gasteiger partial charge in [0, 0.05) is 6.42 Å². The van der Waals surface area contributed by atoms with Gasteiger partial charge in [-0.2, -0.15) is 13.2 Å². The lowest BCUT2D eigenvalue weighted by Crippen LogP contribution is -2.21. The number of halogens is 3. The van der Waals surface area contributed by atoms with Gasteiger partial charge in [-0.1, -0.05) is 25.2 Å². The van der Waals surface area contributed by atoms with E-state index in [0.29, 0.717) is 10.9 Å². The second kappa shape index (κ2) is 8.53. The van der Waals surface area contributed by atoms with Crippen LogP contribution in [0.2, 0.25) is 0 Å². The summed E-state index contributed by atoms with van der Waals surface area (Å²) in [5.74, 6) is 0.619. The molecule has 0 aromatic carbocycles. The molecule has 1 N–H and O–H groups in total. The standard InChI is InChI=1S/C12H20F3N3OS/c1-9(2)6-16-5-3-4-10-17-18-11(20-10)7-19-8-12(13,14)15/h9,16H,3-8H2,1-2H3. The van der Waals surface area contributed by atoms with Gasteiger partial charge in [0.2, 0.25) is 0 Å². The quantitative estimate of drug-likeness (QED) is 0.712. The highest BCUT2D eigenvalue weighted by Crippen LogP contribution is 2.17. The predicted molar refractivity (Wildman–Crippen MR) is 71.6 cm³/mol. The lowest BCUT2D eigenvalue weighted by Gasteiger charge is -2.05. The van der Waals surface area contributed by atoms with E-state index < -0.39 is 12.8 Å². The van der Waals surface area contributed by atoms with Crippen LogP contribution in [0.4, 0.5) is 13.2 Å². The molecular formula is C12H20F3N3OS. The maximum Gasteiger partial charge on any atom is 0.411 e. The molecule has 0 aliphatic heterocycles. The fourth-order valence-electron chi connectivity index (χ4n) is 1.46. The van der Waals surface area contributed by atoms with Gasteiger partial charge in [0.05, 0.1) is 0 Å². The zero-order chi connectivity index (χ0) is 15.0. The summed E-state index contributed by atoms with van der Waals surface area (Å²) in [6.07, 6.45) is -2.58. The molecule has 0 aliphatic rings. The Balaban J connectivity index is 2.16. The van der Waals surface area contributed by atoms with Crippen molar-refractivity contribution in [2.45, 2.75) is 39.5 Å². The van der Waals surface area contributed by atoms with Crippen LogP contribution in [0.15, 0.2) is 0 Å². The second-order valence-electron chi connectivity index (χ2n) is 4.90. The van der Waals surface area contributed by atoms with Crippen molar-refractivity contribution in [3.63, 3.8) is 0 Å². The molecule has 0 saturated carbocycles. The van der Waals surface area contributed by atoms with Crippen LogP contribution >= 0.6 is 11.3 Å². The van der Waals surface area contributed by atoms with Crippen LogP contribution in [0.5, 0.6) is 0 Å². The normalized spacial score (nSPS) is 12.3. The molecule has 20 heavy (non-hydrogen) atoms. The first-order chi connectivity index (χ1) is 9.37. The Morgan fingerprint density at radius 3 is 2.60 bits per heavy atom. The third kappa shape index (κ3) is 8.44. The Morgan fingerprint density at radius 2 is 1.95 bits per heavy atom. The molecule has 0 fully saturated rings. The maximum absolute atomic E-state index is 11.9. The van der Waals surface area contributed by atoms with Gasteiger partial charge in [-0.05, 0) is 25.4 Å². The van der Waals surface area contributed by atoms with Gasteiger partial charge in [0.1, 0.15) is 23.2 Å². The summed E-state index contributed by atoms with van der Waals surface area (Å²) in [6.45, 7) is 4.78. The monoisotopic (exact) mass is 311 g/mol. The van der Waals surface area contributed by atoms with Crippen molar-refractivity contribution in [2.24, 2.45) is 5.92 Å². The zero-order valence-electron chi connectivity index (χ0n) is 11.7. The van der Waals surface area contributed by atoms with E-state index in [1.165, 1.54) is 11.3 Å². The summed E-state index contributed by atoms with van der Waals surface area (Å²) in [5.41, 5.74) is 0. The Bertz CT molecular complexity index is 382. The number of nitrogens with one attached hydrogen (secondary N) is 1. The first-order valence-electron chi connectivity index (χ1n) is 6.53. The Labute approximate surface area is 120 Å². The summed E-state index contributed by atoms with van der Waals surface area (Å²) in [5, 5.41) is 12.4. The van der Waals surface area contributed by atoms with Gasteiger partial charge in [-0.3, -0.25) is 0 Å². The van der Waals surface area contributed by atoms with Gasteiger partial charge >= 0.3 is 6.18 Å². The van der Waals surface area contributed by atoms with E-state index in [0.717, 1.165) is 30.9 Å². The molecule has 4 nitrogen and oxygen atoms in total. The first kappa shape index (κ1) is 17.3. The van der Waals surface area contributed by atoms with E-state index in [2.05, 4.69) is 34.1 Å². The molecule has 0 spiro atoms. The molecule has 1 aromatic rings. The van der Waals surface area contributed by atoms with Gasteiger partial charge in [-0.15, -0.1) is 10.2 Å². The lowest BCUT2D eigenvalue weighted by atomic mass is 10.2. The molecule has 0 amide bonds. The smallest absolute Gasteiger partial charge is 0.365 e. The summed E-state index contributed by atoms with van der Waals surface area (Å²) in [6, 6.07) is 0. The van der Waals surface area contributed by atoms with Crippen molar-refractivity contribution in [1.82, 2.24) is 15.5 Å². The van der Waals surface area contributed by atoms with E-state index in [-0.39, 0.29) is 6.61 Å². The van der Waals surface area contributed by atoms with E-state index >= 15 is 0 Å². The van der Waals surface area contributed by atoms with Crippen molar-refractivity contribution in [1.29, 1.82) is 0 Å². The molecule has 116 valence electrons. The third-order valence-corrected chi connectivity index (χ3v) is 3.25. The lowest BCUT2D eigenvalue weighted by molar-refractivity contribution is -0.176. The van der Waals surface area contributed by atoms with E-state index in [9.17, 15) is 13.2 Å². The van der Waals surface area contributed by atoms with Crippen LogP contribution < -0.4 is 5.32 Å².